The van der Waals surface area contributed by atoms with E-state index >= 15 is 28.4 Å². The molecule has 0 radical (unpaired) electrons. The summed E-state index contributed by atoms with van der Waals surface area (Å²) in [5.74, 6) is -4.95. The van der Waals surface area contributed by atoms with E-state index in [-0.39, 0.29) is 82.7 Å². The average Bonchev–Trinajstić information content (AvgIpc) is 1.71. The lowest BCUT2D eigenvalue weighted by atomic mass is 9.95. The summed E-state index contributed by atoms with van der Waals surface area (Å²) in [6.45, 7) is 3.71. The standard InChI is InChI=1S/C71H87F2N13O11S2/c1-41-63(89)82-57(31-45-36-76-53-20-16-47(72)33-51(45)53)66(92)84-59(32-46-37-77-54-21-17-48(73)34-52(46)54)68(94)85-38-49-35-60(85)67(93)81-56(12-7-13-61(87)79-49)65(91)83-58(30-42-14-18-50(97-3)19-15-42)69(95)86-26-8-23-71(86,2)70(96)75-25-28-99-40-44-10-6-9-43(29-44)39-98-27-22-62(88)80-55(64(90)78-41)11-4-5-24-74/h6,9-10,14-21,29,33-34,36-37,41,49,55-60,76-77H,4-5,7-8,11-13,22-28,30-32,35,38-40,74H2,1-3H3,(H,75,96)(H,78,90)(H,79,87)(H,80,88)(H,81,93)(H,82,89)(H,83,91)(H,84,92)/t41-,49-,55+,56+,57+,58+,59+,60-,71+/m1/s1. The van der Waals surface area contributed by atoms with E-state index in [4.69, 9.17) is 10.5 Å². The highest BCUT2D eigenvalue weighted by molar-refractivity contribution is 7.98. The Hall–Kier alpha value is -9.02. The Kier molecular flexibility index (Phi) is 24.7. The predicted octanol–water partition coefficient (Wildman–Crippen LogP) is 4.36. The Bertz CT molecular complexity index is 3950. The number of carbonyl (C=O) groups excluding carboxylic acids is 10. The largest absolute Gasteiger partial charge is 0.497 e. The lowest BCUT2D eigenvalue weighted by molar-refractivity contribution is -0.146. The van der Waals surface area contributed by atoms with Gasteiger partial charge in [-0.05, 0) is 148 Å². The number of amides is 10. The minimum absolute atomic E-state index is 0.0286. The summed E-state index contributed by atoms with van der Waals surface area (Å²) in [6, 6.07) is 12.6. The van der Waals surface area contributed by atoms with Crippen LogP contribution >= 0.6 is 23.5 Å². The van der Waals surface area contributed by atoms with E-state index in [0.29, 0.717) is 106 Å². The molecule has 4 aliphatic rings. The van der Waals surface area contributed by atoms with Crippen molar-refractivity contribution in [2.45, 2.75) is 163 Å². The number of nitrogens with two attached hydrogens (primary N) is 1. The number of aromatic amines is 2. The number of hydrogen-bond acceptors (Lipinski definition) is 14. The number of H-pyrrole nitrogens is 2. The first-order chi connectivity index (χ1) is 47.7. The fourth-order valence-electron chi connectivity index (χ4n) is 13.4. The zero-order valence-electron chi connectivity index (χ0n) is 55.7. The molecule has 2 aromatic heterocycles. The van der Waals surface area contributed by atoms with Crippen LogP contribution in [0.2, 0.25) is 0 Å². The Labute approximate surface area is 581 Å². The van der Waals surface area contributed by atoms with Crippen LogP contribution < -0.4 is 53.0 Å². The Balaban J connectivity index is 0.982. The van der Waals surface area contributed by atoms with E-state index in [0.717, 1.165) is 11.1 Å². The number of thioether (sulfide) groups is 2. The van der Waals surface area contributed by atoms with Crippen LogP contribution in [-0.2, 0) is 78.7 Å². The monoisotopic (exact) mass is 1400 g/mol. The van der Waals surface area contributed by atoms with Crippen LogP contribution in [-0.4, -0.2) is 178 Å². The van der Waals surface area contributed by atoms with E-state index in [2.05, 4.69) is 58.6 Å². The maximum Gasteiger partial charge on any atom is 0.246 e. The number of aromatic nitrogens is 2. The van der Waals surface area contributed by atoms with Gasteiger partial charge in [0, 0.05) is 115 Å². The molecule has 0 unspecified atom stereocenters. The van der Waals surface area contributed by atoms with Crippen molar-refractivity contribution < 1.29 is 61.5 Å². The number of benzene rings is 4. The summed E-state index contributed by atoms with van der Waals surface area (Å²) in [5, 5.41) is 23.7. The van der Waals surface area contributed by atoms with Gasteiger partial charge in [0.2, 0.25) is 59.1 Å². The predicted molar refractivity (Wildman–Crippen MR) is 372 cm³/mol. The van der Waals surface area contributed by atoms with Crippen LogP contribution in [0.15, 0.2) is 97.3 Å². The van der Waals surface area contributed by atoms with Gasteiger partial charge >= 0.3 is 0 Å². The Morgan fingerprint density at radius 3 is 1.93 bits per heavy atom. The highest BCUT2D eigenvalue weighted by atomic mass is 32.2. The highest BCUT2D eigenvalue weighted by Crippen LogP contribution is 2.32. The van der Waals surface area contributed by atoms with E-state index in [1.807, 2.05) is 18.2 Å². The number of ether oxygens (including phenoxy) is 1. The molecular formula is C71H87F2N13O11S2. The number of rotatable bonds is 11. The molecular weight excluding hydrogens is 1310 g/mol. The Morgan fingerprint density at radius 1 is 0.626 bits per heavy atom. The quantitative estimate of drug-likeness (QED) is 0.0804. The van der Waals surface area contributed by atoms with E-state index in [1.54, 1.807) is 67.1 Å². The number of hydrogen-bond donors (Lipinski definition) is 11. The molecule has 24 nitrogen and oxygen atoms in total. The van der Waals surface area contributed by atoms with Gasteiger partial charge < -0.3 is 72.8 Å². The van der Waals surface area contributed by atoms with Crippen molar-refractivity contribution in [3.63, 3.8) is 0 Å². The van der Waals surface area contributed by atoms with E-state index in [1.165, 1.54) is 60.2 Å². The minimum Gasteiger partial charge on any atom is -0.497 e. The highest BCUT2D eigenvalue weighted by Gasteiger charge is 2.49. The molecule has 0 aliphatic carbocycles. The topological polar surface area (TPSA) is 340 Å². The first-order valence-electron chi connectivity index (χ1n) is 33.7. The third-order valence-corrected chi connectivity index (χ3v) is 20.9. The van der Waals surface area contributed by atoms with Crippen molar-refractivity contribution in [3.8, 4) is 5.75 Å². The maximum absolute atomic E-state index is 15.7. The molecule has 528 valence electrons. The molecule has 99 heavy (non-hydrogen) atoms. The van der Waals surface area contributed by atoms with E-state index in [9.17, 15) is 28.4 Å². The van der Waals surface area contributed by atoms with Crippen LogP contribution in [0.1, 0.15) is 106 Å². The summed E-state index contributed by atoms with van der Waals surface area (Å²) in [5.41, 5.74) is 9.02. The van der Waals surface area contributed by atoms with Gasteiger partial charge in [-0.1, -0.05) is 36.4 Å². The molecule has 3 fully saturated rings. The van der Waals surface area contributed by atoms with Crippen LogP contribution in [0.25, 0.3) is 21.8 Å². The number of halogens is 2. The summed E-state index contributed by atoms with van der Waals surface area (Å²) < 4.78 is 35.5. The van der Waals surface area contributed by atoms with E-state index < -0.39 is 113 Å². The maximum atomic E-state index is 15.7. The van der Waals surface area contributed by atoms with Gasteiger partial charge in [0.15, 0.2) is 0 Å². The first kappa shape index (κ1) is 72.7. The van der Waals surface area contributed by atoms with Crippen molar-refractivity contribution in [2.75, 3.05) is 44.8 Å². The summed E-state index contributed by atoms with van der Waals surface area (Å²) in [4.78, 5) is 156. The normalized spacial score (nSPS) is 25.2. The third kappa shape index (κ3) is 18.7. The molecule has 10 rings (SSSR count). The molecule has 9 atom stereocenters. The van der Waals surface area contributed by atoms with Crippen molar-refractivity contribution in [2.24, 2.45) is 5.73 Å². The van der Waals surface area contributed by atoms with Gasteiger partial charge in [-0.2, -0.15) is 23.5 Å². The van der Waals surface area contributed by atoms with Crippen molar-refractivity contribution >= 4 is 104 Å². The van der Waals surface area contributed by atoms with Crippen molar-refractivity contribution in [1.29, 1.82) is 0 Å². The average molecular weight is 1400 g/mol. The number of nitrogens with zero attached hydrogens (tertiary/aromatic N) is 2. The zero-order chi connectivity index (χ0) is 70.3. The first-order valence-corrected chi connectivity index (χ1v) is 36.1. The smallest absolute Gasteiger partial charge is 0.246 e. The molecule has 3 saturated heterocycles. The molecule has 5 bridgehead atoms. The summed E-state index contributed by atoms with van der Waals surface area (Å²) in [7, 11) is 1.52. The third-order valence-electron chi connectivity index (χ3n) is 18.8. The lowest BCUT2D eigenvalue weighted by Gasteiger charge is -2.36. The van der Waals surface area contributed by atoms with Gasteiger partial charge in [-0.15, -0.1) is 0 Å². The second kappa shape index (κ2) is 33.7. The van der Waals surface area contributed by atoms with Gasteiger partial charge in [-0.25, -0.2) is 8.78 Å². The minimum atomic E-state index is -1.60. The molecule has 0 spiro atoms. The van der Waals surface area contributed by atoms with Crippen molar-refractivity contribution in [3.05, 3.63) is 137 Å². The zero-order valence-corrected chi connectivity index (χ0v) is 57.4. The molecule has 4 aromatic carbocycles. The molecule has 0 saturated carbocycles. The lowest BCUT2D eigenvalue weighted by Crippen LogP contribution is -2.62. The summed E-state index contributed by atoms with van der Waals surface area (Å²) >= 11 is 3.17. The van der Waals surface area contributed by atoms with Gasteiger partial charge in [-0.3, -0.25) is 47.9 Å². The molecule has 12 N–H and O–H groups in total. The fraction of sp³-hybridized carbons (Fsp3) is 0.465. The molecule has 6 aromatic rings. The van der Waals surface area contributed by atoms with Crippen LogP contribution in [0.5, 0.6) is 5.75 Å². The number of nitrogens with one attached hydrogen (secondary N) is 10. The summed E-state index contributed by atoms with van der Waals surface area (Å²) in [6.07, 6.45) is 4.40. The molecule has 10 amide bonds. The van der Waals surface area contributed by atoms with Crippen LogP contribution in [0, 0.1) is 11.6 Å². The Morgan fingerprint density at radius 2 is 1.25 bits per heavy atom. The molecule has 28 heteroatoms. The van der Waals surface area contributed by atoms with Crippen LogP contribution in [0.3, 0.4) is 0 Å². The number of carbonyl (C=O) groups is 10. The molecule has 4 aliphatic heterocycles. The van der Waals surface area contributed by atoms with Gasteiger partial charge in [0.25, 0.3) is 0 Å². The SMILES string of the molecule is COc1ccc(C[C@@H]2NC(=O)[C@@H]3CCCC(=O)N[C@@H]4C[C@H](C(=O)N3)N(C4)C(=O)[C@H](Cc3c[nH]c4ccc(F)cc34)NC(=O)[C@H](Cc3c[nH]c4ccc(F)cc34)NC(=O)[C@@H](C)NC(=O)[C@H](CCCCN)NC(=O)CCSCc3cccc(c3)CSCCNC(=O)[C@]3(C)CCCN3C2=O)cc1. The van der Waals surface area contributed by atoms with Crippen molar-refractivity contribution in [1.82, 2.24) is 62.3 Å². The number of fused-ring (bicyclic) bond motifs is 8. The second-order valence-electron chi connectivity index (χ2n) is 26.0. The molecule has 6 heterocycles. The van der Waals surface area contributed by atoms with Gasteiger partial charge in [0.1, 0.15) is 65.2 Å². The second-order valence-corrected chi connectivity index (χ2v) is 28.3. The van der Waals surface area contributed by atoms with Gasteiger partial charge in [0.05, 0.1) is 7.11 Å². The van der Waals surface area contributed by atoms with Crippen LogP contribution in [0.4, 0.5) is 8.78 Å². The number of methoxy groups -OCH3 is 1. The number of unbranched alkanes of at least 4 members (excludes halogenated alkanes) is 1. The fourth-order valence-corrected chi connectivity index (χ4v) is 15.1.